The number of esters is 6. The first-order valence-electron chi connectivity index (χ1n) is 21.1. The van der Waals surface area contributed by atoms with E-state index in [-0.39, 0.29) is 0 Å². The van der Waals surface area contributed by atoms with Gasteiger partial charge in [0, 0.05) is 71.0 Å². The average molecular weight is 1040 g/mol. The number of halogens is 2. The van der Waals surface area contributed by atoms with Gasteiger partial charge in [0.15, 0.2) is 49.3 Å². The van der Waals surface area contributed by atoms with Crippen molar-refractivity contribution in [3.05, 3.63) is 62.7 Å². The maximum absolute atomic E-state index is 16.5. The van der Waals surface area contributed by atoms with E-state index in [9.17, 15) is 50.9 Å². The van der Waals surface area contributed by atoms with Crippen LogP contribution >= 0.6 is 0 Å². The number of hydrogen-bond donors (Lipinski definition) is 0. The normalized spacial score (nSPS) is 34.0. The molecule has 1 aliphatic carbocycles. The molecule has 3 aliphatic heterocycles. The largest absolute Gasteiger partial charge is 0.463 e. The van der Waals surface area contributed by atoms with Gasteiger partial charge in [0.25, 0.3) is 5.92 Å². The number of rotatable bonds is 21. The van der Waals surface area contributed by atoms with Gasteiger partial charge in [0.1, 0.15) is 49.3 Å². The van der Waals surface area contributed by atoms with Gasteiger partial charge in [-0.15, -0.1) is 0 Å². The van der Waals surface area contributed by atoms with Gasteiger partial charge in [-0.3, -0.25) is 28.8 Å². The van der Waals surface area contributed by atoms with Gasteiger partial charge in [0.05, 0.1) is 31.3 Å². The third kappa shape index (κ3) is 14.9. The third-order valence-corrected chi connectivity index (χ3v) is 10.7. The smallest absolute Gasteiger partial charge is 0.303 e. The summed E-state index contributed by atoms with van der Waals surface area (Å²) in [5, 5.41) is 20.8. The molecule has 3 saturated heterocycles. The predicted octanol–water partition coefficient (Wildman–Crippen LogP) is 3.91. The van der Waals surface area contributed by atoms with Crippen molar-refractivity contribution >= 4 is 35.8 Å². The number of azide groups is 6. The van der Waals surface area contributed by atoms with Gasteiger partial charge < -0.3 is 56.8 Å². The fourth-order valence-corrected chi connectivity index (χ4v) is 8.15. The second-order valence-electron chi connectivity index (χ2n) is 15.7. The minimum absolute atomic E-state index is 0.613. The molecular formula is C35H44F2N18O18. The second-order valence-corrected chi connectivity index (χ2v) is 15.7. The Morgan fingerprint density at radius 3 is 1.49 bits per heavy atom. The summed E-state index contributed by atoms with van der Waals surface area (Å²) in [7, 11) is 0. The van der Waals surface area contributed by atoms with Gasteiger partial charge in [-0.25, -0.2) is 8.78 Å². The van der Waals surface area contributed by atoms with Crippen molar-refractivity contribution in [2.24, 2.45) is 30.7 Å². The molecule has 36 nitrogen and oxygen atoms in total. The van der Waals surface area contributed by atoms with Crippen molar-refractivity contribution in [3.63, 3.8) is 0 Å². The summed E-state index contributed by atoms with van der Waals surface area (Å²) in [4.78, 5) is 90.6. The van der Waals surface area contributed by atoms with Crippen LogP contribution in [0.1, 0.15) is 48.0 Å². The minimum Gasteiger partial charge on any atom is -0.463 e. The van der Waals surface area contributed by atoms with Crippen LogP contribution in [0, 0.1) is 0 Å². The second kappa shape index (κ2) is 26.7. The number of nitrogens with zero attached hydrogens (tertiary/aromatic N) is 18. The quantitative estimate of drug-likeness (QED) is 0.0517. The van der Waals surface area contributed by atoms with Gasteiger partial charge in [-0.1, -0.05) is 30.7 Å². The molecule has 3 heterocycles. The number of carbonyl (C=O) groups is 6. The molecule has 4 aliphatic rings. The molecule has 0 aromatic heterocycles. The number of alkyl halides is 2. The molecule has 1 saturated carbocycles. The highest BCUT2D eigenvalue weighted by molar-refractivity contribution is 5.68. The molecule has 18 atom stereocenters. The lowest BCUT2D eigenvalue weighted by atomic mass is 9.83. The molecule has 0 amide bonds. The molecule has 0 spiro atoms. The lowest BCUT2D eigenvalue weighted by Gasteiger charge is -2.48. The first kappa shape index (κ1) is 57.9. The SMILES string of the molecule is CC(=O)OCC1OC(OC2C(OC(C)=O)C(N=[N+]=[N-])CC(N=[N+]=[N-])C2OC2OC(CN=[N+]=[N-])C(OC(C)=O)C(F)(F)C2N=[N+]=[N-])C(OC(C)=O)C1OC1OC(CN=[N+]=[N-])C(OC(C)=O)C(OC(C)=O)C1N=[N+]=[N-]. The van der Waals surface area contributed by atoms with E-state index in [1.807, 2.05) is 0 Å². The van der Waals surface area contributed by atoms with E-state index in [0.29, 0.717) is 0 Å². The zero-order chi connectivity index (χ0) is 54.2. The third-order valence-electron chi connectivity index (χ3n) is 10.7. The molecule has 0 radical (unpaired) electrons. The first-order chi connectivity index (χ1) is 34.6. The predicted molar refractivity (Wildman–Crippen MR) is 224 cm³/mol. The summed E-state index contributed by atoms with van der Waals surface area (Å²) in [6, 6.07) is -7.92. The van der Waals surface area contributed by atoms with Crippen LogP contribution < -0.4 is 0 Å². The van der Waals surface area contributed by atoms with E-state index in [1.54, 1.807) is 0 Å². The van der Waals surface area contributed by atoms with E-state index in [0.717, 1.165) is 41.5 Å². The van der Waals surface area contributed by atoms with E-state index in [4.69, 9.17) is 67.9 Å². The topological polar surface area (TPSA) is 506 Å². The minimum atomic E-state index is -4.41. The molecule has 0 N–H and O–H groups in total. The summed E-state index contributed by atoms with van der Waals surface area (Å²) < 4.78 is 101. The Bertz CT molecular complexity index is 2380. The van der Waals surface area contributed by atoms with Crippen molar-refractivity contribution in [1.82, 2.24) is 0 Å². The van der Waals surface area contributed by atoms with Crippen LogP contribution in [-0.2, 0) is 85.6 Å². The Hall–Kier alpha value is -7.70. The summed E-state index contributed by atoms with van der Waals surface area (Å²) in [5.41, 5.74) is 56.7. The highest BCUT2D eigenvalue weighted by Crippen LogP contribution is 2.43. The molecule has 396 valence electrons. The Morgan fingerprint density at radius 1 is 0.493 bits per heavy atom. The van der Waals surface area contributed by atoms with Crippen LogP contribution in [0.25, 0.3) is 62.7 Å². The molecule has 4 fully saturated rings. The van der Waals surface area contributed by atoms with Crippen LogP contribution in [0.3, 0.4) is 0 Å². The molecule has 73 heavy (non-hydrogen) atoms. The van der Waals surface area contributed by atoms with Crippen molar-refractivity contribution in [1.29, 1.82) is 0 Å². The molecule has 0 aromatic carbocycles. The van der Waals surface area contributed by atoms with E-state index in [1.165, 1.54) is 0 Å². The molecule has 18 unspecified atom stereocenters. The van der Waals surface area contributed by atoms with Crippen molar-refractivity contribution < 1.29 is 94.4 Å². The highest BCUT2D eigenvalue weighted by Gasteiger charge is 2.63. The lowest BCUT2D eigenvalue weighted by molar-refractivity contribution is -0.332. The Labute approximate surface area is 407 Å². The molecule has 38 heteroatoms. The maximum atomic E-state index is 16.5. The summed E-state index contributed by atoms with van der Waals surface area (Å²) in [6.07, 6.45) is -28.5. The van der Waals surface area contributed by atoms with E-state index >= 15 is 8.78 Å². The van der Waals surface area contributed by atoms with E-state index in [2.05, 4.69) is 60.2 Å². The zero-order valence-electron chi connectivity index (χ0n) is 38.9. The number of hydrogen-bond acceptors (Lipinski definition) is 24. The Kier molecular flexibility index (Phi) is 21.1. The Balaban J connectivity index is 1.94. The van der Waals surface area contributed by atoms with Gasteiger partial charge in [0.2, 0.25) is 0 Å². The summed E-state index contributed by atoms with van der Waals surface area (Å²) in [5.74, 6) is -10.8. The van der Waals surface area contributed by atoms with Crippen LogP contribution in [0.2, 0.25) is 0 Å². The summed E-state index contributed by atoms with van der Waals surface area (Å²) in [6.45, 7) is 3.02. The van der Waals surface area contributed by atoms with Crippen LogP contribution in [0.15, 0.2) is 30.7 Å². The van der Waals surface area contributed by atoms with Gasteiger partial charge >= 0.3 is 35.8 Å². The monoisotopic (exact) mass is 1040 g/mol. The lowest BCUT2D eigenvalue weighted by Crippen LogP contribution is -2.66. The van der Waals surface area contributed by atoms with Crippen LogP contribution in [0.4, 0.5) is 8.78 Å². The molecule has 0 aromatic rings. The Morgan fingerprint density at radius 2 is 0.959 bits per heavy atom. The van der Waals surface area contributed by atoms with Crippen LogP contribution in [-0.4, -0.2) is 172 Å². The van der Waals surface area contributed by atoms with Gasteiger partial charge in [-0.05, 0) is 39.6 Å². The standard InChI is InChI=1S/C35H44F2N18O18/c1-11(56)62-10-21-26(72-32-22(48-54-42)27(65-14(4)59)25(64-13(3)58)19(68-32)8-44-50-38)29(66-15(5)60)33(70-21)73-28-23(63-12(2)57)17(46-52-40)7-18(47-53-41)24(28)71-34-30(49-55-43)35(36,37)31(67-16(6)61)20(69-34)9-45-51-39/h17-34H,7-10H2,1-6H3. The van der Waals surface area contributed by atoms with Gasteiger partial charge in [-0.2, -0.15) is 0 Å². The maximum Gasteiger partial charge on any atom is 0.303 e. The molecule has 0 bridgehead atoms. The van der Waals surface area contributed by atoms with Crippen molar-refractivity contribution in [2.45, 2.75) is 164 Å². The van der Waals surface area contributed by atoms with Crippen molar-refractivity contribution in [2.75, 3.05) is 19.7 Å². The molecular weight excluding hydrogens is 998 g/mol. The molecule has 4 rings (SSSR count). The fourth-order valence-electron chi connectivity index (χ4n) is 8.15. The van der Waals surface area contributed by atoms with Crippen LogP contribution in [0.5, 0.6) is 0 Å². The zero-order valence-corrected chi connectivity index (χ0v) is 38.9. The number of carbonyl (C=O) groups excluding carboxylic acids is 6. The van der Waals surface area contributed by atoms with E-state index < -0.39 is 178 Å². The van der Waals surface area contributed by atoms with Crippen molar-refractivity contribution in [3.8, 4) is 0 Å². The fraction of sp³-hybridized carbons (Fsp3) is 0.829. The summed E-state index contributed by atoms with van der Waals surface area (Å²) >= 11 is 0. The first-order valence-corrected chi connectivity index (χ1v) is 21.1. The number of ether oxygens (including phenoxy) is 12. The highest BCUT2D eigenvalue weighted by atomic mass is 19.3. The average Bonchev–Trinajstić information content (AvgIpc) is 3.61.